The first-order valence-electron chi connectivity index (χ1n) is 13.1. The molecular formula is C30H27ClF4N2O4S. The zero-order valence-corrected chi connectivity index (χ0v) is 24.0. The van der Waals surface area contributed by atoms with Crippen LogP contribution in [0.2, 0.25) is 0 Å². The lowest BCUT2D eigenvalue weighted by Gasteiger charge is -2.27. The van der Waals surface area contributed by atoms with Crippen LogP contribution in [-0.4, -0.2) is 25.7 Å². The highest BCUT2D eigenvalue weighted by Gasteiger charge is 2.45. The van der Waals surface area contributed by atoms with E-state index in [0.29, 0.717) is 36.2 Å². The molecule has 0 bridgehead atoms. The summed E-state index contributed by atoms with van der Waals surface area (Å²) >= 11 is 5.92. The summed E-state index contributed by atoms with van der Waals surface area (Å²) in [5.41, 5.74) is -0.282. The number of oxazole rings is 1. The van der Waals surface area contributed by atoms with Gasteiger partial charge in [0.05, 0.1) is 23.2 Å². The van der Waals surface area contributed by atoms with Crippen LogP contribution < -0.4 is 9.46 Å². The van der Waals surface area contributed by atoms with Gasteiger partial charge in [-0.1, -0.05) is 30.3 Å². The maximum atomic E-state index is 15.4. The highest BCUT2D eigenvalue weighted by Crippen LogP contribution is 2.45. The Morgan fingerprint density at radius 1 is 1.05 bits per heavy atom. The molecule has 1 aliphatic rings. The summed E-state index contributed by atoms with van der Waals surface area (Å²) in [5.74, 6) is -4.01. The van der Waals surface area contributed by atoms with Crippen molar-refractivity contribution in [3.05, 3.63) is 107 Å². The molecule has 2 atom stereocenters. The minimum absolute atomic E-state index is 0.0238. The molecule has 12 heteroatoms. The molecule has 222 valence electrons. The number of ether oxygens (including phenoxy) is 1. The van der Waals surface area contributed by atoms with Crippen LogP contribution in [0.4, 0.5) is 17.6 Å². The molecule has 1 aromatic heterocycles. The number of hydrogen-bond donors (Lipinski definition) is 1. The number of nitrogens with one attached hydrogen (secondary N) is 1. The molecule has 5 rings (SSSR count). The van der Waals surface area contributed by atoms with Gasteiger partial charge in [0.15, 0.2) is 11.6 Å². The summed E-state index contributed by atoms with van der Waals surface area (Å²) < 4.78 is 97.9. The summed E-state index contributed by atoms with van der Waals surface area (Å²) in [4.78, 5) is 4.44. The first-order valence-corrected chi connectivity index (χ1v) is 15.5. The molecule has 1 N–H and O–H groups in total. The number of aromatic nitrogens is 1. The third-order valence-electron chi connectivity index (χ3n) is 7.32. The van der Waals surface area contributed by atoms with Crippen molar-refractivity contribution in [1.29, 1.82) is 0 Å². The fraction of sp³-hybridized carbons (Fsp3) is 0.300. The molecule has 0 amide bonds. The molecule has 6 nitrogen and oxygen atoms in total. The number of rotatable bonds is 10. The van der Waals surface area contributed by atoms with Gasteiger partial charge in [-0.15, -0.1) is 11.6 Å². The molecule has 42 heavy (non-hydrogen) atoms. The lowest BCUT2D eigenvalue weighted by Crippen LogP contribution is -2.35. The van der Waals surface area contributed by atoms with Crippen LogP contribution in [0.25, 0.3) is 11.1 Å². The van der Waals surface area contributed by atoms with E-state index in [9.17, 15) is 17.2 Å². The first-order chi connectivity index (χ1) is 20.0. The Morgan fingerprint density at radius 2 is 1.81 bits per heavy atom. The molecule has 3 aromatic carbocycles. The molecule has 4 aromatic rings. The molecule has 0 aliphatic heterocycles. The molecule has 1 saturated carbocycles. The second kappa shape index (κ2) is 12.1. The topological polar surface area (TPSA) is 81.4 Å². The average Bonchev–Trinajstić information content (AvgIpc) is 3.57. The second-order valence-electron chi connectivity index (χ2n) is 10.5. The van der Waals surface area contributed by atoms with Crippen LogP contribution in [0, 0.1) is 23.3 Å². The van der Waals surface area contributed by atoms with Crippen LogP contribution >= 0.6 is 11.6 Å². The van der Waals surface area contributed by atoms with E-state index in [0.717, 1.165) is 12.3 Å². The van der Waals surface area contributed by atoms with Crippen molar-refractivity contribution in [3.63, 3.8) is 0 Å². The first kappa shape index (κ1) is 30.1. The van der Waals surface area contributed by atoms with E-state index in [1.54, 1.807) is 30.3 Å². The Hall–Kier alpha value is -3.41. The minimum Gasteiger partial charge on any atom is -0.485 e. The summed E-state index contributed by atoms with van der Waals surface area (Å²) in [6, 6.07) is 11.8. The van der Waals surface area contributed by atoms with Crippen molar-refractivity contribution < 1.29 is 35.1 Å². The summed E-state index contributed by atoms with van der Waals surface area (Å²) in [7, 11) is -3.54. The number of halogens is 5. The molecule has 1 aliphatic carbocycles. The normalized spacial score (nSPS) is 18.9. The zero-order valence-electron chi connectivity index (χ0n) is 22.5. The molecule has 0 unspecified atom stereocenters. The summed E-state index contributed by atoms with van der Waals surface area (Å²) in [5, 5.41) is 0. The number of alkyl halides is 1. The van der Waals surface area contributed by atoms with Crippen molar-refractivity contribution in [1.82, 2.24) is 9.71 Å². The Kier molecular flexibility index (Phi) is 8.63. The maximum Gasteiger partial charge on any atom is 0.208 e. The van der Waals surface area contributed by atoms with Crippen molar-refractivity contribution in [3.8, 4) is 16.9 Å². The van der Waals surface area contributed by atoms with E-state index in [-0.39, 0.29) is 53.7 Å². The lowest BCUT2D eigenvalue weighted by atomic mass is 9.79. The van der Waals surface area contributed by atoms with Crippen molar-refractivity contribution in [2.75, 3.05) is 6.26 Å². The third kappa shape index (κ3) is 6.63. The standard InChI is InChI=1S/C30H27ClF4N2O4S/c1-42(38,39)37-21-7-8-30(14-21,29-36-22(15-31)17-41-29)13-19-9-23(26(34)12-25(19)33)24-10-20(32)11-27(35)28(24)40-16-18-5-3-2-4-6-18/h2-6,9-12,17,21,37H,7-8,13-16H2,1H3/t21-,30+/m0/s1. The van der Waals surface area contributed by atoms with Gasteiger partial charge in [0.1, 0.15) is 30.3 Å². The van der Waals surface area contributed by atoms with Crippen LogP contribution in [0.15, 0.2) is 65.3 Å². The number of hydrogen-bond acceptors (Lipinski definition) is 5. The van der Waals surface area contributed by atoms with E-state index in [4.69, 9.17) is 20.8 Å². The van der Waals surface area contributed by atoms with Gasteiger partial charge in [-0.05, 0) is 48.9 Å². The van der Waals surface area contributed by atoms with Gasteiger partial charge < -0.3 is 9.15 Å². The van der Waals surface area contributed by atoms with E-state index in [1.165, 1.54) is 12.3 Å². The highest BCUT2D eigenvalue weighted by atomic mass is 35.5. The summed E-state index contributed by atoms with van der Waals surface area (Å²) in [6.45, 7) is -0.0725. The Bertz CT molecular complexity index is 1700. The van der Waals surface area contributed by atoms with Crippen LogP contribution in [0.3, 0.4) is 0 Å². The van der Waals surface area contributed by atoms with E-state index in [2.05, 4.69) is 9.71 Å². The SMILES string of the molecule is CS(=O)(=O)N[C@H]1CC[C@](Cc2cc(-c3cc(F)cc(F)c3OCc3ccccc3)c(F)cc2F)(c2nc(CCl)co2)C1. The number of nitrogens with zero attached hydrogens (tertiary/aromatic N) is 1. The molecule has 0 saturated heterocycles. The van der Waals surface area contributed by atoms with Gasteiger partial charge in [0.2, 0.25) is 15.9 Å². The third-order valence-corrected chi connectivity index (χ3v) is 8.36. The quantitative estimate of drug-likeness (QED) is 0.155. The van der Waals surface area contributed by atoms with Gasteiger partial charge in [0, 0.05) is 29.3 Å². The smallest absolute Gasteiger partial charge is 0.208 e. The summed E-state index contributed by atoms with van der Waals surface area (Å²) in [6.07, 6.45) is 3.36. The Labute approximate surface area is 245 Å². The number of benzene rings is 3. The van der Waals surface area contributed by atoms with Crippen molar-refractivity contribution >= 4 is 21.6 Å². The minimum atomic E-state index is -3.54. The lowest BCUT2D eigenvalue weighted by molar-refractivity contribution is 0.290. The van der Waals surface area contributed by atoms with E-state index < -0.39 is 44.7 Å². The van der Waals surface area contributed by atoms with Gasteiger partial charge in [-0.25, -0.2) is 35.7 Å². The fourth-order valence-corrected chi connectivity index (χ4v) is 6.44. The molecule has 0 radical (unpaired) electrons. The predicted octanol–water partition coefficient (Wildman–Crippen LogP) is 6.80. The van der Waals surface area contributed by atoms with Crippen LogP contribution in [0.5, 0.6) is 5.75 Å². The molecule has 1 fully saturated rings. The van der Waals surface area contributed by atoms with Gasteiger partial charge in [-0.2, -0.15) is 0 Å². The van der Waals surface area contributed by atoms with E-state index >= 15 is 8.78 Å². The second-order valence-corrected chi connectivity index (χ2v) is 12.6. The fourth-order valence-electron chi connectivity index (χ4n) is 5.51. The van der Waals surface area contributed by atoms with E-state index in [1.807, 2.05) is 0 Å². The Balaban J connectivity index is 1.55. The monoisotopic (exact) mass is 622 g/mol. The molecular weight excluding hydrogens is 596 g/mol. The van der Waals surface area contributed by atoms with Crippen molar-refractivity contribution in [2.45, 2.75) is 49.6 Å². The van der Waals surface area contributed by atoms with Crippen LogP contribution in [0.1, 0.15) is 42.0 Å². The maximum absolute atomic E-state index is 15.4. The van der Waals surface area contributed by atoms with Crippen LogP contribution in [-0.2, 0) is 34.3 Å². The largest absolute Gasteiger partial charge is 0.485 e. The molecule has 0 spiro atoms. The number of sulfonamides is 1. The molecule has 1 heterocycles. The van der Waals surface area contributed by atoms with Crippen molar-refractivity contribution in [2.24, 2.45) is 0 Å². The highest BCUT2D eigenvalue weighted by molar-refractivity contribution is 7.88. The van der Waals surface area contributed by atoms with Gasteiger partial charge >= 0.3 is 0 Å². The Morgan fingerprint density at radius 3 is 2.50 bits per heavy atom. The van der Waals surface area contributed by atoms with Gasteiger partial charge in [0.25, 0.3) is 0 Å². The van der Waals surface area contributed by atoms with Gasteiger partial charge in [-0.3, -0.25) is 0 Å². The average molecular weight is 623 g/mol. The predicted molar refractivity (Wildman–Crippen MR) is 150 cm³/mol. The zero-order chi connectivity index (χ0) is 30.1.